The lowest BCUT2D eigenvalue weighted by Gasteiger charge is -2.10. The standard InChI is InChI=1S/C24H19NO2/c1-15(2)17-6-7-19-13-20(9-8-18(19)12-17)24(27)25-23-5-3-4-16-10-11-21(26)14-22(16)23/h3-14,26H,1H2,2H3,(H,25,27). The monoisotopic (exact) mass is 353 g/mol. The highest BCUT2D eigenvalue weighted by Gasteiger charge is 2.10. The summed E-state index contributed by atoms with van der Waals surface area (Å²) in [4.78, 5) is 12.8. The summed E-state index contributed by atoms with van der Waals surface area (Å²) in [5.41, 5.74) is 3.36. The summed E-state index contributed by atoms with van der Waals surface area (Å²) in [7, 11) is 0. The minimum atomic E-state index is -0.184. The van der Waals surface area contributed by atoms with Gasteiger partial charge in [0.25, 0.3) is 5.91 Å². The van der Waals surface area contributed by atoms with Crippen molar-refractivity contribution in [3.05, 3.63) is 90.5 Å². The zero-order valence-electron chi connectivity index (χ0n) is 15.0. The molecular weight excluding hydrogens is 334 g/mol. The van der Waals surface area contributed by atoms with Gasteiger partial charge in [-0.1, -0.05) is 48.6 Å². The first-order valence-electron chi connectivity index (χ1n) is 8.74. The van der Waals surface area contributed by atoms with Crippen molar-refractivity contribution >= 4 is 38.7 Å². The third kappa shape index (κ3) is 3.27. The van der Waals surface area contributed by atoms with E-state index in [0.29, 0.717) is 11.3 Å². The normalized spacial score (nSPS) is 10.9. The molecule has 0 fully saturated rings. The Morgan fingerprint density at radius 2 is 1.52 bits per heavy atom. The van der Waals surface area contributed by atoms with E-state index in [1.54, 1.807) is 12.1 Å². The lowest BCUT2D eigenvalue weighted by atomic mass is 10.0. The highest BCUT2D eigenvalue weighted by molar-refractivity contribution is 6.10. The van der Waals surface area contributed by atoms with Crippen LogP contribution in [0.15, 0.2) is 79.4 Å². The summed E-state index contributed by atoms with van der Waals surface area (Å²) >= 11 is 0. The minimum Gasteiger partial charge on any atom is -0.508 e. The maximum Gasteiger partial charge on any atom is 0.255 e. The van der Waals surface area contributed by atoms with Gasteiger partial charge in [-0.05, 0) is 65.0 Å². The molecule has 0 aliphatic heterocycles. The Labute approximate surface area is 157 Å². The molecule has 0 atom stereocenters. The van der Waals surface area contributed by atoms with Crippen LogP contribution in [0.5, 0.6) is 5.75 Å². The van der Waals surface area contributed by atoms with Gasteiger partial charge in [-0.25, -0.2) is 0 Å². The molecule has 4 rings (SSSR count). The molecule has 132 valence electrons. The van der Waals surface area contributed by atoms with E-state index in [2.05, 4.69) is 18.0 Å². The zero-order chi connectivity index (χ0) is 19.0. The Morgan fingerprint density at radius 1 is 0.852 bits per heavy atom. The van der Waals surface area contributed by atoms with Crippen LogP contribution < -0.4 is 5.32 Å². The summed E-state index contributed by atoms with van der Waals surface area (Å²) in [5.74, 6) is -0.0139. The first kappa shape index (κ1) is 16.9. The van der Waals surface area contributed by atoms with Crippen molar-refractivity contribution in [3.8, 4) is 5.75 Å². The molecule has 0 aliphatic rings. The number of rotatable bonds is 3. The molecule has 0 radical (unpaired) electrons. The van der Waals surface area contributed by atoms with Crippen LogP contribution in [0, 0.1) is 0 Å². The largest absolute Gasteiger partial charge is 0.508 e. The number of nitrogens with one attached hydrogen (secondary N) is 1. The summed E-state index contributed by atoms with van der Waals surface area (Å²) in [6.07, 6.45) is 0. The topological polar surface area (TPSA) is 49.3 Å². The molecule has 0 aliphatic carbocycles. The Hall–Kier alpha value is -3.59. The number of hydrogen-bond donors (Lipinski definition) is 2. The van der Waals surface area contributed by atoms with Gasteiger partial charge in [-0.3, -0.25) is 4.79 Å². The third-order valence-electron chi connectivity index (χ3n) is 4.71. The molecule has 0 spiro atoms. The van der Waals surface area contributed by atoms with Crippen LogP contribution >= 0.6 is 0 Å². The SMILES string of the molecule is C=C(C)c1ccc2cc(C(=O)Nc3cccc4ccc(O)cc34)ccc2c1. The first-order valence-corrected chi connectivity index (χ1v) is 8.74. The maximum atomic E-state index is 12.8. The van der Waals surface area contributed by atoms with E-state index < -0.39 is 0 Å². The molecule has 0 unspecified atom stereocenters. The zero-order valence-corrected chi connectivity index (χ0v) is 15.0. The Bertz CT molecular complexity index is 1210. The average molecular weight is 353 g/mol. The highest BCUT2D eigenvalue weighted by Crippen LogP contribution is 2.28. The van der Waals surface area contributed by atoms with Crippen molar-refractivity contribution in [2.75, 3.05) is 5.32 Å². The number of aromatic hydroxyl groups is 1. The van der Waals surface area contributed by atoms with Gasteiger partial charge in [-0.2, -0.15) is 0 Å². The van der Waals surface area contributed by atoms with Crippen LogP contribution in [-0.2, 0) is 0 Å². The van der Waals surface area contributed by atoms with Gasteiger partial charge in [0, 0.05) is 16.6 Å². The van der Waals surface area contributed by atoms with Crippen LogP contribution in [0.1, 0.15) is 22.8 Å². The predicted octanol–water partition coefficient (Wildman–Crippen LogP) is 5.98. The molecule has 0 aromatic heterocycles. The van der Waals surface area contributed by atoms with E-state index in [4.69, 9.17) is 0 Å². The van der Waals surface area contributed by atoms with E-state index >= 15 is 0 Å². The second kappa shape index (κ2) is 6.61. The molecule has 1 amide bonds. The molecule has 0 heterocycles. The minimum absolute atomic E-state index is 0.170. The molecular formula is C24H19NO2. The predicted molar refractivity (Wildman–Crippen MR) is 112 cm³/mol. The number of phenolic OH excluding ortho intramolecular Hbond substituents is 1. The lowest BCUT2D eigenvalue weighted by molar-refractivity contribution is 0.102. The lowest BCUT2D eigenvalue weighted by Crippen LogP contribution is -2.12. The average Bonchev–Trinajstić information content (AvgIpc) is 2.67. The summed E-state index contributed by atoms with van der Waals surface area (Å²) in [6, 6.07) is 22.5. The van der Waals surface area contributed by atoms with Gasteiger partial charge >= 0.3 is 0 Å². The first-order chi connectivity index (χ1) is 13.0. The second-order valence-corrected chi connectivity index (χ2v) is 6.72. The van der Waals surface area contributed by atoms with Crippen LogP contribution in [0.3, 0.4) is 0 Å². The molecule has 3 nitrogen and oxygen atoms in total. The van der Waals surface area contributed by atoms with E-state index in [0.717, 1.165) is 32.7 Å². The molecule has 4 aromatic rings. The van der Waals surface area contributed by atoms with Crippen molar-refractivity contribution in [1.82, 2.24) is 0 Å². The van der Waals surface area contributed by atoms with Crippen LogP contribution in [0.4, 0.5) is 5.69 Å². The van der Waals surface area contributed by atoms with E-state index in [9.17, 15) is 9.90 Å². The number of carbonyl (C=O) groups is 1. The summed E-state index contributed by atoms with van der Waals surface area (Å²) in [5, 5.41) is 16.6. The fraction of sp³-hybridized carbons (Fsp3) is 0.0417. The van der Waals surface area contributed by atoms with Crippen molar-refractivity contribution in [3.63, 3.8) is 0 Å². The Kier molecular flexibility index (Phi) is 4.13. The number of amides is 1. The molecule has 0 bridgehead atoms. The smallest absolute Gasteiger partial charge is 0.255 e. The van der Waals surface area contributed by atoms with Gasteiger partial charge in [0.15, 0.2) is 0 Å². The van der Waals surface area contributed by atoms with Gasteiger partial charge in [0.2, 0.25) is 0 Å². The van der Waals surface area contributed by atoms with E-state index in [1.165, 1.54) is 0 Å². The van der Waals surface area contributed by atoms with E-state index in [-0.39, 0.29) is 11.7 Å². The fourth-order valence-electron chi connectivity index (χ4n) is 3.22. The molecule has 27 heavy (non-hydrogen) atoms. The quantitative estimate of drug-likeness (QED) is 0.476. The molecule has 4 aromatic carbocycles. The number of carbonyl (C=O) groups excluding carboxylic acids is 1. The molecule has 0 saturated heterocycles. The third-order valence-corrected chi connectivity index (χ3v) is 4.71. The van der Waals surface area contributed by atoms with Crippen molar-refractivity contribution in [2.45, 2.75) is 6.92 Å². The Morgan fingerprint density at radius 3 is 2.26 bits per heavy atom. The highest BCUT2D eigenvalue weighted by atomic mass is 16.3. The Balaban J connectivity index is 1.68. The number of hydrogen-bond acceptors (Lipinski definition) is 2. The molecule has 3 heteroatoms. The van der Waals surface area contributed by atoms with Crippen LogP contribution in [-0.4, -0.2) is 11.0 Å². The van der Waals surface area contributed by atoms with Crippen molar-refractivity contribution < 1.29 is 9.90 Å². The van der Waals surface area contributed by atoms with E-state index in [1.807, 2.05) is 61.5 Å². The summed E-state index contributed by atoms with van der Waals surface area (Å²) in [6.45, 7) is 5.95. The fourth-order valence-corrected chi connectivity index (χ4v) is 3.22. The number of allylic oxidation sites excluding steroid dienone is 1. The second-order valence-electron chi connectivity index (χ2n) is 6.72. The number of benzene rings is 4. The van der Waals surface area contributed by atoms with Crippen molar-refractivity contribution in [2.24, 2.45) is 0 Å². The van der Waals surface area contributed by atoms with Gasteiger partial charge in [-0.15, -0.1) is 0 Å². The van der Waals surface area contributed by atoms with Crippen LogP contribution in [0.2, 0.25) is 0 Å². The summed E-state index contributed by atoms with van der Waals surface area (Å²) < 4.78 is 0. The molecule has 0 saturated carbocycles. The van der Waals surface area contributed by atoms with Gasteiger partial charge in [0.1, 0.15) is 5.75 Å². The number of fused-ring (bicyclic) bond motifs is 2. The molecule has 2 N–H and O–H groups in total. The van der Waals surface area contributed by atoms with Crippen molar-refractivity contribution in [1.29, 1.82) is 0 Å². The van der Waals surface area contributed by atoms with Gasteiger partial charge in [0.05, 0.1) is 0 Å². The van der Waals surface area contributed by atoms with Crippen LogP contribution in [0.25, 0.3) is 27.1 Å². The number of phenols is 1. The van der Waals surface area contributed by atoms with Gasteiger partial charge < -0.3 is 10.4 Å². The number of anilines is 1. The maximum absolute atomic E-state index is 12.8.